The average Bonchev–Trinajstić information content (AvgIpc) is 3.35. The van der Waals surface area contributed by atoms with Crippen LogP contribution < -0.4 is 10.6 Å². The molecule has 4 rings (SSSR count). The van der Waals surface area contributed by atoms with Crippen molar-refractivity contribution >= 4 is 22.6 Å². The molecule has 5 heteroatoms. The minimum Gasteiger partial charge on any atom is -0.467 e. The Morgan fingerprint density at radius 3 is 2.59 bits per heavy atom. The second-order valence-electron chi connectivity index (χ2n) is 6.36. The number of nitrogens with one attached hydrogen (secondary N) is 3. The summed E-state index contributed by atoms with van der Waals surface area (Å²) in [6.07, 6.45) is 2.58. The van der Waals surface area contributed by atoms with Crippen LogP contribution in [0.15, 0.2) is 71.3 Å². The van der Waals surface area contributed by atoms with Crippen LogP contribution >= 0.6 is 0 Å². The molecular weight excluding hydrogens is 338 g/mol. The van der Waals surface area contributed by atoms with Crippen molar-refractivity contribution in [2.75, 3.05) is 5.32 Å². The van der Waals surface area contributed by atoms with E-state index in [2.05, 4.69) is 46.8 Å². The summed E-state index contributed by atoms with van der Waals surface area (Å²) in [6.45, 7) is 2.47. The number of benzene rings is 2. The molecule has 0 saturated carbocycles. The number of urea groups is 1. The highest BCUT2D eigenvalue weighted by atomic mass is 16.3. The summed E-state index contributed by atoms with van der Waals surface area (Å²) in [6, 6.07) is 19.7. The van der Waals surface area contributed by atoms with Gasteiger partial charge in [-0.05, 0) is 30.2 Å². The van der Waals surface area contributed by atoms with Gasteiger partial charge in [0, 0.05) is 16.5 Å². The Hall–Kier alpha value is -3.47. The maximum absolute atomic E-state index is 12.5. The molecule has 0 spiro atoms. The SMILES string of the molecule is CCc1ccc(-c2[nH]c3ccccc3c2NC(=O)NCc2ccco2)cc1. The van der Waals surface area contributed by atoms with Crippen molar-refractivity contribution in [2.45, 2.75) is 19.9 Å². The molecule has 0 unspecified atom stereocenters. The van der Waals surface area contributed by atoms with Gasteiger partial charge in [0.2, 0.25) is 0 Å². The minimum absolute atomic E-state index is 0.275. The molecule has 136 valence electrons. The lowest BCUT2D eigenvalue weighted by Gasteiger charge is -2.09. The Morgan fingerprint density at radius 2 is 1.85 bits per heavy atom. The lowest BCUT2D eigenvalue weighted by molar-refractivity contribution is 0.251. The fourth-order valence-electron chi connectivity index (χ4n) is 3.13. The van der Waals surface area contributed by atoms with E-state index in [0.29, 0.717) is 12.3 Å². The molecule has 0 fully saturated rings. The fourth-order valence-corrected chi connectivity index (χ4v) is 3.13. The number of furan rings is 1. The number of para-hydroxylation sites is 1. The molecule has 3 N–H and O–H groups in total. The van der Waals surface area contributed by atoms with Crippen LogP contribution in [0.5, 0.6) is 0 Å². The van der Waals surface area contributed by atoms with Gasteiger partial charge in [-0.3, -0.25) is 0 Å². The summed E-state index contributed by atoms with van der Waals surface area (Å²) < 4.78 is 5.26. The molecule has 4 aromatic rings. The lowest BCUT2D eigenvalue weighted by Crippen LogP contribution is -2.28. The van der Waals surface area contributed by atoms with E-state index in [1.807, 2.05) is 30.3 Å². The normalized spacial score (nSPS) is 10.9. The second kappa shape index (κ2) is 7.41. The number of aromatic amines is 1. The molecule has 5 nitrogen and oxygen atoms in total. The Bertz CT molecular complexity index is 1050. The zero-order valence-corrected chi connectivity index (χ0v) is 15.1. The predicted molar refractivity (Wildman–Crippen MR) is 108 cm³/mol. The van der Waals surface area contributed by atoms with Crippen LogP contribution in [-0.4, -0.2) is 11.0 Å². The van der Waals surface area contributed by atoms with Gasteiger partial charge in [0.1, 0.15) is 5.76 Å². The van der Waals surface area contributed by atoms with Gasteiger partial charge in [-0.2, -0.15) is 0 Å². The number of hydrogen-bond donors (Lipinski definition) is 3. The maximum atomic E-state index is 12.5. The number of carbonyl (C=O) groups excluding carboxylic acids is 1. The molecule has 2 aromatic heterocycles. The number of rotatable bonds is 5. The average molecular weight is 359 g/mol. The van der Waals surface area contributed by atoms with Crippen molar-refractivity contribution in [1.82, 2.24) is 10.3 Å². The molecule has 27 heavy (non-hydrogen) atoms. The highest BCUT2D eigenvalue weighted by molar-refractivity contribution is 6.07. The third kappa shape index (κ3) is 3.58. The first kappa shape index (κ1) is 17.0. The van der Waals surface area contributed by atoms with Gasteiger partial charge in [0.05, 0.1) is 24.2 Å². The number of aromatic nitrogens is 1. The molecule has 0 saturated heterocycles. The topological polar surface area (TPSA) is 70.1 Å². The zero-order valence-electron chi connectivity index (χ0n) is 15.1. The van der Waals surface area contributed by atoms with E-state index < -0.39 is 0 Å². The maximum Gasteiger partial charge on any atom is 0.319 e. The van der Waals surface area contributed by atoms with E-state index in [9.17, 15) is 4.79 Å². The Kier molecular flexibility index (Phi) is 4.66. The molecule has 2 heterocycles. The van der Waals surface area contributed by atoms with Gasteiger partial charge >= 0.3 is 6.03 Å². The molecule has 0 atom stereocenters. The Balaban J connectivity index is 1.64. The van der Waals surface area contributed by atoms with E-state index in [0.717, 1.165) is 34.3 Å². The molecule has 0 bridgehead atoms. The van der Waals surface area contributed by atoms with Crippen molar-refractivity contribution < 1.29 is 9.21 Å². The molecule has 0 radical (unpaired) electrons. The van der Waals surface area contributed by atoms with Crippen molar-refractivity contribution in [1.29, 1.82) is 0 Å². The van der Waals surface area contributed by atoms with Gasteiger partial charge in [-0.15, -0.1) is 0 Å². The summed E-state index contributed by atoms with van der Waals surface area (Å²) in [4.78, 5) is 15.9. The molecule has 2 aromatic carbocycles. The molecular formula is C22H21N3O2. The first-order chi connectivity index (χ1) is 13.2. The van der Waals surface area contributed by atoms with Gasteiger partial charge in [0.15, 0.2) is 0 Å². The smallest absolute Gasteiger partial charge is 0.319 e. The first-order valence-electron chi connectivity index (χ1n) is 9.02. The quantitative estimate of drug-likeness (QED) is 0.452. The van der Waals surface area contributed by atoms with Crippen LogP contribution in [0.1, 0.15) is 18.2 Å². The van der Waals surface area contributed by atoms with Crippen molar-refractivity contribution in [3.8, 4) is 11.3 Å². The van der Waals surface area contributed by atoms with Crippen LogP contribution in [0.25, 0.3) is 22.2 Å². The van der Waals surface area contributed by atoms with E-state index in [1.165, 1.54) is 5.56 Å². The highest BCUT2D eigenvalue weighted by Crippen LogP contribution is 2.35. The van der Waals surface area contributed by atoms with Crippen molar-refractivity contribution in [2.24, 2.45) is 0 Å². The summed E-state index contributed by atoms with van der Waals surface area (Å²) in [5.74, 6) is 0.708. The first-order valence-corrected chi connectivity index (χ1v) is 9.02. The number of aryl methyl sites for hydroxylation is 1. The number of hydrogen-bond acceptors (Lipinski definition) is 2. The highest BCUT2D eigenvalue weighted by Gasteiger charge is 2.15. The molecule has 2 amide bonds. The Labute approximate surface area is 157 Å². The minimum atomic E-state index is -0.275. The van der Waals surface area contributed by atoms with Crippen LogP contribution in [0.2, 0.25) is 0 Å². The van der Waals surface area contributed by atoms with E-state index in [1.54, 1.807) is 12.3 Å². The van der Waals surface area contributed by atoms with Crippen LogP contribution in [0.4, 0.5) is 10.5 Å². The molecule has 0 aliphatic rings. The summed E-state index contributed by atoms with van der Waals surface area (Å²) in [5, 5.41) is 6.80. The number of carbonyl (C=O) groups is 1. The third-order valence-electron chi connectivity index (χ3n) is 4.60. The standard InChI is InChI=1S/C22H21N3O2/c1-2-15-9-11-16(12-10-15)20-21(18-7-3-4-8-19(18)24-20)25-22(26)23-14-17-6-5-13-27-17/h3-13,24H,2,14H2,1H3,(H2,23,25,26). The van der Waals surface area contributed by atoms with Gasteiger partial charge in [0.25, 0.3) is 0 Å². The van der Waals surface area contributed by atoms with Gasteiger partial charge in [-0.1, -0.05) is 49.4 Å². The largest absolute Gasteiger partial charge is 0.467 e. The second-order valence-corrected chi connectivity index (χ2v) is 6.36. The monoisotopic (exact) mass is 359 g/mol. The number of fused-ring (bicyclic) bond motifs is 1. The zero-order chi connectivity index (χ0) is 18.6. The lowest BCUT2D eigenvalue weighted by atomic mass is 10.1. The number of H-pyrrole nitrogens is 1. The van der Waals surface area contributed by atoms with Crippen LogP contribution in [0, 0.1) is 0 Å². The third-order valence-corrected chi connectivity index (χ3v) is 4.60. The fraction of sp³-hybridized carbons (Fsp3) is 0.136. The van der Waals surface area contributed by atoms with Crippen molar-refractivity contribution in [3.05, 3.63) is 78.3 Å². The van der Waals surface area contributed by atoms with E-state index >= 15 is 0 Å². The Morgan fingerprint density at radius 1 is 1.04 bits per heavy atom. The van der Waals surface area contributed by atoms with Crippen LogP contribution in [0.3, 0.4) is 0 Å². The number of amides is 2. The van der Waals surface area contributed by atoms with E-state index in [-0.39, 0.29) is 6.03 Å². The summed E-state index contributed by atoms with van der Waals surface area (Å²) in [7, 11) is 0. The van der Waals surface area contributed by atoms with E-state index in [4.69, 9.17) is 4.42 Å². The van der Waals surface area contributed by atoms with Gasteiger partial charge < -0.3 is 20.0 Å². The van der Waals surface area contributed by atoms with Gasteiger partial charge in [-0.25, -0.2) is 4.79 Å². The molecule has 0 aliphatic heterocycles. The van der Waals surface area contributed by atoms with Crippen molar-refractivity contribution in [3.63, 3.8) is 0 Å². The summed E-state index contributed by atoms with van der Waals surface area (Å²) in [5.41, 5.74) is 4.96. The number of anilines is 1. The summed E-state index contributed by atoms with van der Waals surface area (Å²) >= 11 is 0. The van der Waals surface area contributed by atoms with Crippen LogP contribution in [-0.2, 0) is 13.0 Å². The molecule has 0 aliphatic carbocycles. The predicted octanol–water partition coefficient (Wildman–Crippen LogP) is 5.31.